The molecular formula is C12H14F4N2. The Hall–Kier alpha value is -1.33. The SMILES string of the molecule is FCC1CCN(c2cc(C(F)(F)F)ccn2)CC1. The van der Waals surface area contributed by atoms with Gasteiger partial charge in [0.25, 0.3) is 0 Å². The van der Waals surface area contributed by atoms with Crippen LogP contribution in [0.25, 0.3) is 0 Å². The van der Waals surface area contributed by atoms with Crippen molar-refractivity contribution in [2.75, 3.05) is 24.7 Å². The van der Waals surface area contributed by atoms with E-state index in [9.17, 15) is 17.6 Å². The maximum atomic E-state index is 12.6. The van der Waals surface area contributed by atoms with Crippen LogP contribution in [0.3, 0.4) is 0 Å². The number of alkyl halides is 4. The molecule has 1 aliphatic heterocycles. The summed E-state index contributed by atoms with van der Waals surface area (Å²) in [5.74, 6) is 0.356. The van der Waals surface area contributed by atoms with E-state index in [4.69, 9.17) is 0 Å². The molecule has 0 unspecified atom stereocenters. The Labute approximate surface area is 103 Å². The fraction of sp³-hybridized carbons (Fsp3) is 0.583. The van der Waals surface area contributed by atoms with Gasteiger partial charge in [0.15, 0.2) is 0 Å². The third kappa shape index (κ3) is 2.91. The molecule has 1 fully saturated rings. The Morgan fingerprint density at radius 2 is 1.94 bits per heavy atom. The third-order valence-electron chi connectivity index (χ3n) is 3.23. The molecule has 1 saturated heterocycles. The molecule has 6 heteroatoms. The van der Waals surface area contributed by atoms with Crippen LogP contribution in [0.15, 0.2) is 18.3 Å². The summed E-state index contributed by atoms with van der Waals surface area (Å²) in [5.41, 5.74) is -0.694. The second-order valence-electron chi connectivity index (χ2n) is 4.49. The summed E-state index contributed by atoms with van der Waals surface area (Å²) in [6, 6.07) is 2.01. The first-order chi connectivity index (χ1) is 8.50. The van der Waals surface area contributed by atoms with Crippen LogP contribution < -0.4 is 4.90 Å². The Kier molecular flexibility index (Phi) is 3.73. The van der Waals surface area contributed by atoms with Crippen LogP contribution in [-0.2, 0) is 6.18 Å². The molecule has 0 aliphatic carbocycles. The summed E-state index contributed by atoms with van der Waals surface area (Å²) in [5, 5.41) is 0. The molecule has 1 aromatic heterocycles. The van der Waals surface area contributed by atoms with Crippen molar-refractivity contribution in [1.29, 1.82) is 0 Å². The summed E-state index contributed by atoms with van der Waals surface area (Å²) in [6.45, 7) is 0.760. The zero-order valence-electron chi connectivity index (χ0n) is 9.75. The highest BCUT2D eigenvalue weighted by atomic mass is 19.4. The molecule has 0 atom stereocenters. The number of pyridine rings is 1. The average molecular weight is 262 g/mol. The second kappa shape index (κ2) is 5.12. The summed E-state index contributed by atoms with van der Waals surface area (Å²) < 4.78 is 50.1. The number of piperidine rings is 1. The molecule has 2 heterocycles. The molecule has 1 aromatic rings. The molecular weight excluding hydrogens is 248 g/mol. The van der Waals surface area contributed by atoms with E-state index in [2.05, 4.69) is 4.98 Å². The van der Waals surface area contributed by atoms with Gasteiger partial charge in [0, 0.05) is 19.3 Å². The largest absolute Gasteiger partial charge is 0.416 e. The van der Waals surface area contributed by atoms with Crippen LogP contribution in [0.4, 0.5) is 23.4 Å². The van der Waals surface area contributed by atoms with E-state index in [0.29, 0.717) is 31.7 Å². The summed E-state index contributed by atoms with van der Waals surface area (Å²) >= 11 is 0. The van der Waals surface area contributed by atoms with Crippen LogP contribution >= 0.6 is 0 Å². The number of hydrogen-bond donors (Lipinski definition) is 0. The number of anilines is 1. The third-order valence-corrected chi connectivity index (χ3v) is 3.23. The number of aromatic nitrogens is 1. The average Bonchev–Trinajstić information content (AvgIpc) is 2.38. The molecule has 0 saturated carbocycles. The predicted octanol–water partition coefficient (Wildman–Crippen LogP) is 3.29. The van der Waals surface area contributed by atoms with Crippen LogP contribution in [0.2, 0.25) is 0 Å². The number of halogens is 4. The van der Waals surface area contributed by atoms with Crippen molar-refractivity contribution in [2.45, 2.75) is 19.0 Å². The monoisotopic (exact) mass is 262 g/mol. The molecule has 0 radical (unpaired) electrons. The van der Waals surface area contributed by atoms with Crippen molar-refractivity contribution in [1.82, 2.24) is 4.98 Å². The zero-order valence-corrected chi connectivity index (χ0v) is 9.75. The lowest BCUT2D eigenvalue weighted by molar-refractivity contribution is -0.137. The highest BCUT2D eigenvalue weighted by Crippen LogP contribution is 2.31. The molecule has 18 heavy (non-hydrogen) atoms. The van der Waals surface area contributed by atoms with Crippen molar-refractivity contribution < 1.29 is 17.6 Å². The molecule has 0 N–H and O–H groups in total. The van der Waals surface area contributed by atoms with Gasteiger partial charge in [-0.2, -0.15) is 13.2 Å². The van der Waals surface area contributed by atoms with Crippen LogP contribution in [0.5, 0.6) is 0 Å². The lowest BCUT2D eigenvalue weighted by Gasteiger charge is -2.31. The molecule has 0 bridgehead atoms. The fourth-order valence-corrected chi connectivity index (χ4v) is 2.08. The van der Waals surface area contributed by atoms with Crippen molar-refractivity contribution in [3.05, 3.63) is 23.9 Å². The maximum Gasteiger partial charge on any atom is 0.416 e. The second-order valence-corrected chi connectivity index (χ2v) is 4.49. The van der Waals surface area contributed by atoms with Gasteiger partial charge in [-0.1, -0.05) is 0 Å². The van der Waals surface area contributed by atoms with E-state index in [1.165, 1.54) is 6.20 Å². The molecule has 2 nitrogen and oxygen atoms in total. The van der Waals surface area contributed by atoms with Gasteiger partial charge in [-0.3, -0.25) is 4.39 Å². The minimum Gasteiger partial charge on any atom is -0.357 e. The Balaban J connectivity index is 2.10. The van der Waals surface area contributed by atoms with E-state index < -0.39 is 11.7 Å². The predicted molar refractivity (Wildman–Crippen MR) is 60.2 cm³/mol. The zero-order chi connectivity index (χ0) is 13.2. The number of rotatable bonds is 2. The first-order valence-corrected chi connectivity index (χ1v) is 5.85. The van der Waals surface area contributed by atoms with Crippen molar-refractivity contribution >= 4 is 5.82 Å². The summed E-state index contributed by atoms with van der Waals surface area (Å²) in [6.07, 6.45) is -1.86. The maximum absolute atomic E-state index is 12.6. The van der Waals surface area contributed by atoms with Gasteiger partial charge in [0.05, 0.1) is 12.2 Å². The van der Waals surface area contributed by atoms with E-state index in [1.54, 1.807) is 4.90 Å². The first-order valence-electron chi connectivity index (χ1n) is 5.85. The van der Waals surface area contributed by atoms with Gasteiger partial charge in [0.2, 0.25) is 0 Å². The molecule has 1 aliphatic rings. The lowest BCUT2D eigenvalue weighted by Crippen LogP contribution is -2.35. The van der Waals surface area contributed by atoms with Crippen LogP contribution in [-0.4, -0.2) is 24.7 Å². The van der Waals surface area contributed by atoms with Crippen molar-refractivity contribution in [3.63, 3.8) is 0 Å². The van der Waals surface area contributed by atoms with Gasteiger partial charge in [0.1, 0.15) is 5.82 Å². The van der Waals surface area contributed by atoms with E-state index >= 15 is 0 Å². The topological polar surface area (TPSA) is 16.1 Å². The Morgan fingerprint density at radius 3 is 2.50 bits per heavy atom. The smallest absolute Gasteiger partial charge is 0.357 e. The highest BCUT2D eigenvalue weighted by Gasteiger charge is 2.31. The first kappa shape index (κ1) is 13.1. The van der Waals surface area contributed by atoms with Crippen LogP contribution in [0, 0.1) is 5.92 Å². The molecule has 100 valence electrons. The van der Waals surface area contributed by atoms with Crippen molar-refractivity contribution in [2.24, 2.45) is 5.92 Å². The van der Waals surface area contributed by atoms with Gasteiger partial charge in [-0.15, -0.1) is 0 Å². The highest BCUT2D eigenvalue weighted by molar-refractivity contribution is 5.42. The van der Waals surface area contributed by atoms with Crippen LogP contribution in [0.1, 0.15) is 18.4 Å². The van der Waals surface area contributed by atoms with Gasteiger partial charge in [-0.05, 0) is 30.9 Å². The minimum atomic E-state index is -4.35. The van der Waals surface area contributed by atoms with E-state index in [0.717, 1.165) is 12.1 Å². The van der Waals surface area contributed by atoms with Gasteiger partial charge >= 0.3 is 6.18 Å². The Bertz CT molecular complexity index is 397. The standard InChI is InChI=1S/C12H14F4N2/c13-8-9-2-5-18(6-3-9)11-7-10(1-4-17-11)12(14,15)16/h1,4,7,9H,2-3,5-6,8H2. The molecule has 0 aromatic carbocycles. The van der Waals surface area contributed by atoms with Crippen molar-refractivity contribution in [3.8, 4) is 0 Å². The minimum absolute atomic E-state index is 0.0343. The normalized spacial score (nSPS) is 18.1. The number of nitrogens with zero attached hydrogens (tertiary/aromatic N) is 2. The Morgan fingerprint density at radius 1 is 1.28 bits per heavy atom. The lowest BCUT2D eigenvalue weighted by atomic mass is 9.98. The fourth-order valence-electron chi connectivity index (χ4n) is 2.08. The quantitative estimate of drug-likeness (QED) is 0.760. The molecule has 0 spiro atoms. The molecule has 0 amide bonds. The van der Waals surface area contributed by atoms with Gasteiger partial charge in [-0.25, -0.2) is 4.98 Å². The summed E-state index contributed by atoms with van der Waals surface area (Å²) in [7, 11) is 0. The summed E-state index contributed by atoms with van der Waals surface area (Å²) in [4.78, 5) is 5.74. The number of hydrogen-bond acceptors (Lipinski definition) is 2. The van der Waals surface area contributed by atoms with Gasteiger partial charge < -0.3 is 4.90 Å². The van der Waals surface area contributed by atoms with E-state index in [1.807, 2.05) is 0 Å². The van der Waals surface area contributed by atoms with E-state index in [-0.39, 0.29) is 12.6 Å². The molecule has 2 rings (SSSR count).